The van der Waals surface area contributed by atoms with Crippen molar-refractivity contribution in [2.45, 2.75) is 155 Å². The first-order valence-electron chi connectivity index (χ1n) is 20.4. The number of esters is 2. The third-order valence-corrected chi connectivity index (χ3v) is 9.63. The molecule has 2 unspecified atom stereocenters. The highest BCUT2D eigenvalue weighted by atomic mass is 31.2. The summed E-state index contributed by atoms with van der Waals surface area (Å²) in [6, 6.07) is 0. The number of carbonyl (C=O) groups excluding carboxylic acids is 2. The summed E-state index contributed by atoms with van der Waals surface area (Å²) in [5, 5.41) is 20.0. The fraction of sp³-hybridized carbons (Fsp3) is 0.707. The topological polar surface area (TPSA) is 216 Å². The molecule has 0 rings (SSSR count). The van der Waals surface area contributed by atoms with Gasteiger partial charge in [0.25, 0.3) is 0 Å². The number of phosphoric ester groups is 2. The first kappa shape index (κ1) is 54.8. The lowest BCUT2D eigenvalue weighted by Crippen LogP contribution is -2.30. The van der Waals surface area contributed by atoms with Gasteiger partial charge in [-0.25, -0.2) is 9.13 Å². The number of unbranched alkanes of at least 4 members (excludes halogenated alkanes) is 8. The van der Waals surface area contributed by atoms with Gasteiger partial charge in [-0.2, -0.15) is 0 Å². The van der Waals surface area contributed by atoms with E-state index in [-0.39, 0.29) is 12.8 Å². The van der Waals surface area contributed by atoms with Gasteiger partial charge >= 0.3 is 27.6 Å². The number of allylic oxidation sites excluding steroid dienone is 9. The Kier molecular flexibility index (Phi) is 34.3. The minimum Gasteiger partial charge on any atom is -0.462 e. The maximum atomic E-state index is 12.6. The van der Waals surface area contributed by atoms with Gasteiger partial charge in [0.15, 0.2) is 6.10 Å². The molecule has 16 heteroatoms. The van der Waals surface area contributed by atoms with Gasteiger partial charge in [-0.05, 0) is 50.9 Å². The van der Waals surface area contributed by atoms with E-state index < -0.39 is 72.3 Å². The lowest BCUT2D eigenvalue weighted by Gasteiger charge is -2.20. The zero-order valence-corrected chi connectivity index (χ0v) is 36.2. The number of ether oxygens (including phenoxy) is 2. The smallest absolute Gasteiger partial charge is 0.462 e. The minimum absolute atomic E-state index is 0.0372. The van der Waals surface area contributed by atoms with Crippen LogP contribution in [-0.2, 0) is 41.8 Å². The Bertz CT molecular complexity index is 1270. The molecule has 0 heterocycles. The van der Waals surface area contributed by atoms with Crippen molar-refractivity contribution < 1.29 is 66.7 Å². The van der Waals surface area contributed by atoms with Crippen molar-refractivity contribution in [3.05, 3.63) is 60.8 Å². The predicted octanol–water partition coefficient (Wildman–Crippen LogP) is 8.88. The number of hydrogen-bond donors (Lipinski definition) is 5. The summed E-state index contributed by atoms with van der Waals surface area (Å²) in [7, 11) is -9.73. The number of rotatable bonds is 37. The van der Waals surface area contributed by atoms with E-state index in [0.717, 1.165) is 57.3 Å². The summed E-state index contributed by atoms with van der Waals surface area (Å²) in [6.07, 6.45) is 31.3. The number of aliphatic hydroxyl groups is 2. The third kappa shape index (κ3) is 40.3. The highest BCUT2D eigenvalue weighted by Gasteiger charge is 2.28. The molecule has 0 saturated carbocycles. The van der Waals surface area contributed by atoms with E-state index in [1.807, 2.05) is 12.2 Å². The fourth-order valence-corrected chi connectivity index (χ4v) is 6.25. The number of aliphatic hydroxyl groups excluding tert-OH is 2. The monoisotopic (exact) mass is 850 g/mol. The van der Waals surface area contributed by atoms with Crippen LogP contribution in [0.15, 0.2) is 60.8 Å². The van der Waals surface area contributed by atoms with Crippen molar-refractivity contribution in [2.75, 3.05) is 26.4 Å². The average molecular weight is 851 g/mol. The average Bonchev–Trinajstić information content (AvgIpc) is 3.14. The molecule has 0 amide bonds. The Hall–Kier alpha value is -2.22. The molecule has 0 aromatic carbocycles. The molecule has 5 N–H and O–H groups in total. The molecule has 0 fully saturated rings. The highest BCUT2D eigenvalue weighted by molar-refractivity contribution is 7.47. The van der Waals surface area contributed by atoms with Crippen LogP contribution in [0.25, 0.3) is 0 Å². The Morgan fingerprint density at radius 3 is 1.72 bits per heavy atom. The van der Waals surface area contributed by atoms with Gasteiger partial charge in [-0.15, -0.1) is 0 Å². The molecule has 14 nitrogen and oxygen atoms in total. The molecule has 0 radical (unpaired) electrons. The van der Waals surface area contributed by atoms with Crippen molar-refractivity contribution in [2.24, 2.45) is 5.92 Å². The van der Waals surface area contributed by atoms with Gasteiger partial charge in [0.1, 0.15) is 12.7 Å². The maximum absolute atomic E-state index is 12.6. The van der Waals surface area contributed by atoms with Crippen LogP contribution in [0.3, 0.4) is 0 Å². The van der Waals surface area contributed by atoms with Crippen molar-refractivity contribution in [1.82, 2.24) is 0 Å². The van der Waals surface area contributed by atoms with E-state index in [2.05, 4.69) is 66.3 Å². The Balaban J connectivity index is 4.75. The molecular formula is C41H72O14P2. The Morgan fingerprint density at radius 2 is 1.12 bits per heavy atom. The van der Waals surface area contributed by atoms with E-state index >= 15 is 0 Å². The summed E-state index contributed by atoms with van der Waals surface area (Å²) in [5.41, 5.74) is 0. The molecule has 0 aromatic rings. The zero-order chi connectivity index (χ0) is 42.6. The molecule has 0 spiro atoms. The van der Waals surface area contributed by atoms with Crippen LogP contribution in [0.5, 0.6) is 0 Å². The largest absolute Gasteiger partial charge is 0.472 e. The quantitative estimate of drug-likeness (QED) is 0.0130. The molecule has 0 aliphatic heterocycles. The maximum Gasteiger partial charge on any atom is 0.472 e. The summed E-state index contributed by atoms with van der Waals surface area (Å²) in [4.78, 5) is 52.6. The van der Waals surface area contributed by atoms with Crippen molar-refractivity contribution in [3.63, 3.8) is 0 Å². The molecule has 0 saturated heterocycles. The first-order chi connectivity index (χ1) is 27.1. The fourth-order valence-electron chi connectivity index (χ4n) is 5.09. The predicted molar refractivity (Wildman–Crippen MR) is 222 cm³/mol. The van der Waals surface area contributed by atoms with E-state index in [4.69, 9.17) is 23.8 Å². The molecule has 0 aliphatic carbocycles. The van der Waals surface area contributed by atoms with Crippen molar-refractivity contribution in [3.8, 4) is 0 Å². The van der Waals surface area contributed by atoms with Gasteiger partial charge in [0.2, 0.25) is 0 Å². The summed E-state index contributed by atoms with van der Waals surface area (Å²) >= 11 is 0. The molecule has 4 atom stereocenters. The van der Waals surface area contributed by atoms with Crippen molar-refractivity contribution in [1.29, 1.82) is 0 Å². The van der Waals surface area contributed by atoms with Crippen LogP contribution in [0, 0.1) is 5.92 Å². The van der Waals surface area contributed by atoms with E-state index in [1.54, 1.807) is 12.2 Å². The van der Waals surface area contributed by atoms with Crippen LogP contribution < -0.4 is 0 Å². The standard InChI is InChI=1S/C41H72O14P2/c1-4-5-6-7-8-9-10-11-12-15-18-21-24-28-37(42)29-26-31-40(44)51-34-39(35-54-57(49,50)53-33-38(43)32-52-56(46,47)48)55-41(45)30-25-22-19-16-13-14-17-20-23-27-36(2)3/h5-6,8-9,11-12,18,21,24,28,36-39,42-43H,4,7,10,13-17,19-20,22-23,25-27,29-35H2,1-3H3,(H,49,50)(H2,46,47,48)/b6-5-,9-8-,12-11-,21-18-,28-24+/t37?,38-,39+/m0/s1. The molecule has 57 heavy (non-hydrogen) atoms. The second-order valence-electron chi connectivity index (χ2n) is 14.2. The zero-order valence-electron chi connectivity index (χ0n) is 34.4. The highest BCUT2D eigenvalue weighted by Crippen LogP contribution is 2.43. The lowest BCUT2D eigenvalue weighted by molar-refractivity contribution is -0.161. The number of phosphoric acid groups is 2. The first-order valence-corrected chi connectivity index (χ1v) is 23.5. The molecule has 0 aliphatic rings. The Labute approximate surface area is 341 Å². The van der Waals surface area contributed by atoms with Crippen LogP contribution in [-0.4, -0.2) is 81.6 Å². The summed E-state index contributed by atoms with van der Waals surface area (Å²) in [5.74, 6) is -0.501. The van der Waals surface area contributed by atoms with Crippen LogP contribution in [0.4, 0.5) is 0 Å². The molecule has 0 aromatic heterocycles. The second kappa shape index (κ2) is 35.7. The molecule has 0 bridgehead atoms. The van der Waals surface area contributed by atoms with Gasteiger partial charge in [0.05, 0.1) is 25.9 Å². The SMILES string of the molecule is CC/C=C\C/C=C\C/C=C\C/C=C\C=C\C(O)CCCC(=O)OC[C@H](COP(=O)(O)OC[C@@H](O)COP(=O)(O)O)OC(=O)CCCCCCCCCCCC(C)C. The van der Waals surface area contributed by atoms with Crippen LogP contribution in [0.1, 0.15) is 136 Å². The van der Waals surface area contributed by atoms with Gasteiger partial charge in [0, 0.05) is 12.8 Å². The van der Waals surface area contributed by atoms with Gasteiger partial charge in [-0.3, -0.25) is 23.2 Å². The lowest BCUT2D eigenvalue weighted by atomic mass is 10.0. The van der Waals surface area contributed by atoms with Gasteiger partial charge < -0.3 is 34.4 Å². The summed E-state index contributed by atoms with van der Waals surface area (Å²) in [6.45, 7) is 3.67. The number of carbonyl (C=O) groups is 2. The van der Waals surface area contributed by atoms with Gasteiger partial charge in [-0.1, -0.05) is 139 Å². The van der Waals surface area contributed by atoms with E-state index in [1.165, 1.54) is 32.1 Å². The molecule has 330 valence electrons. The van der Waals surface area contributed by atoms with E-state index in [9.17, 15) is 33.8 Å². The van der Waals surface area contributed by atoms with Crippen LogP contribution in [0.2, 0.25) is 0 Å². The summed E-state index contributed by atoms with van der Waals surface area (Å²) < 4.78 is 47.5. The van der Waals surface area contributed by atoms with Crippen molar-refractivity contribution >= 4 is 27.6 Å². The molecular weight excluding hydrogens is 778 g/mol. The second-order valence-corrected chi connectivity index (χ2v) is 16.9. The Morgan fingerprint density at radius 1 is 0.596 bits per heavy atom. The number of hydrogen-bond acceptors (Lipinski definition) is 11. The van der Waals surface area contributed by atoms with Crippen LogP contribution >= 0.6 is 15.6 Å². The van der Waals surface area contributed by atoms with E-state index in [0.29, 0.717) is 19.3 Å². The third-order valence-electron chi connectivity index (χ3n) is 8.19. The normalized spacial score (nSPS) is 15.4. The minimum atomic E-state index is -4.88.